The highest BCUT2D eigenvalue weighted by Crippen LogP contribution is 2.20. The van der Waals surface area contributed by atoms with Gasteiger partial charge in [-0.15, -0.1) is 0 Å². The van der Waals surface area contributed by atoms with Crippen LogP contribution in [0.5, 0.6) is 0 Å². The van der Waals surface area contributed by atoms with Gasteiger partial charge in [0.15, 0.2) is 0 Å². The number of likely N-dealkylation sites (N-methyl/N-ethyl adjacent to an activating group) is 1. The predicted molar refractivity (Wildman–Crippen MR) is 81.7 cm³/mol. The predicted octanol–water partition coefficient (Wildman–Crippen LogP) is 2.62. The van der Waals surface area contributed by atoms with E-state index in [-0.39, 0.29) is 0 Å². The maximum atomic E-state index is 4.39. The Bertz CT molecular complexity index is 492. The van der Waals surface area contributed by atoms with Crippen LogP contribution in [0.2, 0.25) is 0 Å². The van der Waals surface area contributed by atoms with E-state index >= 15 is 0 Å². The Morgan fingerprint density at radius 1 is 1.25 bits per heavy atom. The lowest BCUT2D eigenvalue weighted by atomic mass is 9.94. The van der Waals surface area contributed by atoms with E-state index < -0.39 is 0 Å². The second-order valence-electron chi connectivity index (χ2n) is 5.10. The highest BCUT2D eigenvalue weighted by molar-refractivity contribution is 5.20. The molecule has 0 saturated heterocycles. The van der Waals surface area contributed by atoms with Gasteiger partial charge >= 0.3 is 0 Å². The van der Waals surface area contributed by atoms with E-state index in [1.54, 1.807) is 6.33 Å². The lowest BCUT2D eigenvalue weighted by molar-refractivity contribution is 0.530. The van der Waals surface area contributed by atoms with Gasteiger partial charge in [0.25, 0.3) is 0 Å². The molecule has 0 radical (unpaired) electrons. The Balaban J connectivity index is 2.00. The molecule has 0 aliphatic carbocycles. The van der Waals surface area contributed by atoms with Crippen molar-refractivity contribution in [1.82, 2.24) is 20.1 Å². The molecule has 1 N–H and O–H groups in total. The third-order valence-corrected chi connectivity index (χ3v) is 3.57. The van der Waals surface area contributed by atoms with Crippen molar-refractivity contribution in [2.75, 3.05) is 13.6 Å². The van der Waals surface area contributed by atoms with Crippen molar-refractivity contribution >= 4 is 0 Å². The maximum absolute atomic E-state index is 4.39. The zero-order valence-electron chi connectivity index (χ0n) is 12.4. The van der Waals surface area contributed by atoms with Gasteiger partial charge in [-0.25, -0.2) is 4.98 Å². The third kappa shape index (κ3) is 3.90. The van der Waals surface area contributed by atoms with Gasteiger partial charge in [0.05, 0.1) is 0 Å². The summed E-state index contributed by atoms with van der Waals surface area (Å²) in [6.45, 7) is 4.11. The van der Waals surface area contributed by atoms with Gasteiger partial charge < -0.3 is 5.32 Å². The molecule has 0 aliphatic heterocycles. The molecule has 0 aliphatic rings. The van der Waals surface area contributed by atoms with E-state index in [1.807, 2.05) is 11.7 Å². The molecule has 2 rings (SSSR count). The normalized spacial score (nSPS) is 12.5. The van der Waals surface area contributed by atoms with E-state index in [2.05, 4.69) is 52.7 Å². The van der Waals surface area contributed by atoms with Crippen LogP contribution in [0, 0.1) is 0 Å². The molecule has 1 atom stereocenters. The molecule has 0 fully saturated rings. The van der Waals surface area contributed by atoms with Gasteiger partial charge in [0.1, 0.15) is 12.2 Å². The molecule has 0 spiro atoms. The standard InChI is InChI=1S/C16H24N4/c1-3-11-20-16(18-13-19-20)10-9-15(12-17-2)14-7-5-4-6-8-14/h4-8,13,15,17H,3,9-12H2,1-2H3. The van der Waals surface area contributed by atoms with Crippen LogP contribution < -0.4 is 5.32 Å². The Kier molecular flexibility index (Phi) is 5.74. The molecule has 1 aromatic heterocycles. The molecule has 1 heterocycles. The summed E-state index contributed by atoms with van der Waals surface area (Å²) in [5.74, 6) is 1.62. The van der Waals surface area contributed by atoms with Gasteiger partial charge in [0, 0.05) is 19.5 Å². The van der Waals surface area contributed by atoms with Crippen molar-refractivity contribution in [3.8, 4) is 0 Å². The zero-order chi connectivity index (χ0) is 14.2. The van der Waals surface area contributed by atoms with Crippen molar-refractivity contribution in [2.45, 2.75) is 38.6 Å². The number of aromatic nitrogens is 3. The van der Waals surface area contributed by atoms with Gasteiger partial charge in [-0.05, 0) is 31.4 Å². The smallest absolute Gasteiger partial charge is 0.138 e. The van der Waals surface area contributed by atoms with E-state index in [9.17, 15) is 0 Å². The summed E-state index contributed by atoms with van der Waals surface area (Å²) in [4.78, 5) is 4.39. The summed E-state index contributed by atoms with van der Waals surface area (Å²) >= 11 is 0. The number of hydrogen-bond acceptors (Lipinski definition) is 3. The fraction of sp³-hybridized carbons (Fsp3) is 0.500. The first-order chi connectivity index (χ1) is 9.85. The fourth-order valence-corrected chi connectivity index (χ4v) is 2.54. The lowest BCUT2D eigenvalue weighted by Gasteiger charge is -2.17. The van der Waals surface area contributed by atoms with Crippen molar-refractivity contribution < 1.29 is 0 Å². The van der Waals surface area contributed by atoms with E-state index in [4.69, 9.17) is 0 Å². The molecule has 2 aromatic rings. The maximum Gasteiger partial charge on any atom is 0.138 e. The summed E-state index contributed by atoms with van der Waals surface area (Å²) in [6.07, 6.45) is 4.82. The monoisotopic (exact) mass is 272 g/mol. The highest BCUT2D eigenvalue weighted by Gasteiger charge is 2.12. The molecule has 108 valence electrons. The van der Waals surface area contributed by atoms with Crippen LogP contribution in [0.1, 0.15) is 37.1 Å². The Morgan fingerprint density at radius 2 is 2.05 bits per heavy atom. The highest BCUT2D eigenvalue weighted by atomic mass is 15.3. The number of aryl methyl sites for hydroxylation is 2. The minimum absolute atomic E-state index is 0.521. The average Bonchev–Trinajstić information content (AvgIpc) is 2.92. The SMILES string of the molecule is CCCn1ncnc1CCC(CNC)c1ccccc1. The van der Waals surface area contributed by atoms with Gasteiger partial charge in [-0.2, -0.15) is 5.10 Å². The van der Waals surface area contributed by atoms with Crippen LogP contribution in [0.15, 0.2) is 36.7 Å². The summed E-state index contributed by atoms with van der Waals surface area (Å²) in [7, 11) is 2.01. The average molecular weight is 272 g/mol. The number of nitrogens with one attached hydrogen (secondary N) is 1. The fourth-order valence-electron chi connectivity index (χ4n) is 2.54. The summed E-state index contributed by atoms with van der Waals surface area (Å²) in [6, 6.07) is 10.7. The van der Waals surface area contributed by atoms with Crippen LogP contribution in [-0.4, -0.2) is 28.4 Å². The molecular weight excluding hydrogens is 248 g/mol. The van der Waals surface area contributed by atoms with Crippen molar-refractivity contribution in [3.05, 3.63) is 48.0 Å². The summed E-state index contributed by atoms with van der Waals surface area (Å²) in [5, 5.41) is 7.59. The van der Waals surface area contributed by atoms with Crippen molar-refractivity contribution in [1.29, 1.82) is 0 Å². The number of rotatable bonds is 8. The minimum Gasteiger partial charge on any atom is -0.319 e. The quantitative estimate of drug-likeness (QED) is 0.803. The first kappa shape index (κ1) is 14.7. The van der Waals surface area contributed by atoms with Crippen LogP contribution >= 0.6 is 0 Å². The van der Waals surface area contributed by atoms with Crippen LogP contribution in [-0.2, 0) is 13.0 Å². The molecule has 0 amide bonds. The van der Waals surface area contributed by atoms with Gasteiger partial charge in [0.2, 0.25) is 0 Å². The molecule has 4 heteroatoms. The number of nitrogens with zero attached hydrogens (tertiary/aromatic N) is 3. The van der Waals surface area contributed by atoms with E-state index in [1.165, 1.54) is 5.56 Å². The summed E-state index contributed by atoms with van der Waals surface area (Å²) < 4.78 is 2.03. The number of benzene rings is 1. The van der Waals surface area contributed by atoms with Crippen LogP contribution in [0.3, 0.4) is 0 Å². The molecule has 1 aromatic carbocycles. The van der Waals surface area contributed by atoms with E-state index in [0.29, 0.717) is 5.92 Å². The first-order valence-electron chi connectivity index (χ1n) is 7.41. The minimum atomic E-state index is 0.521. The van der Waals surface area contributed by atoms with Crippen molar-refractivity contribution in [2.24, 2.45) is 0 Å². The molecule has 0 bridgehead atoms. The lowest BCUT2D eigenvalue weighted by Crippen LogP contribution is -2.18. The molecule has 4 nitrogen and oxygen atoms in total. The Morgan fingerprint density at radius 3 is 2.75 bits per heavy atom. The molecule has 1 unspecified atom stereocenters. The molecule has 20 heavy (non-hydrogen) atoms. The second-order valence-corrected chi connectivity index (χ2v) is 5.10. The van der Waals surface area contributed by atoms with E-state index in [0.717, 1.165) is 38.2 Å². The largest absolute Gasteiger partial charge is 0.319 e. The third-order valence-electron chi connectivity index (χ3n) is 3.57. The molecular formula is C16H24N4. The molecule has 0 saturated carbocycles. The van der Waals surface area contributed by atoms with Crippen LogP contribution in [0.4, 0.5) is 0 Å². The first-order valence-corrected chi connectivity index (χ1v) is 7.41. The number of hydrogen-bond donors (Lipinski definition) is 1. The van der Waals surface area contributed by atoms with Gasteiger partial charge in [-0.1, -0.05) is 37.3 Å². The Labute approximate surface area is 121 Å². The van der Waals surface area contributed by atoms with Crippen LogP contribution in [0.25, 0.3) is 0 Å². The summed E-state index contributed by atoms with van der Waals surface area (Å²) in [5.41, 5.74) is 1.39. The Hall–Kier alpha value is -1.68. The topological polar surface area (TPSA) is 42.7 Å². The van der Waals surface area contributed by atoms with Gasteiger partial charge in [-0.3, -0.25) is 4.68 Å². The second kappa shape index (κ2) is 7.80. The van der Waals surface area contributed by atoms with Crippen molar-refractivity contribution in [3.63, 3.8) is 0 Å². The zero-order valence-corrected chi connectivity index (χ0v) is 12.4.